The molecule has 1 saturated heterocycles. The fourth-order valence-electron chi connectivity index (χ4n) is 4.89. The number of methoxy groups -OCH3 is 2. The van der Waals surface area contributed by atoms with Crippen LogP contribution in [0.3, 0.4) is 0 Å². The van der Waals surface area contributed by atoms with E-state index in [2.05, 4.69) is 10.6 Å². The van der Waals surface area contributed by atoms with Gasteiger partial charge in [-0.1, -0.05) is 12.1 Å². The van der Waals surface area contributed by atoms with Gasteiger partial charge in [0.15, 0.2) is 0 Å². The molecule has 1 aliphatic carbocycles. The highest BCUT2D eigenvalue weighted by atomic mass is 16.5. The zero-order valence-corrected chi connectivity index (χ0v) is 18.6. The predicted molar refractivity (Wildman–Crippen MR) is 117 cm³/mol. The summed E-state index contributed by atoms with van der Waals surface area (Å²) < 4.78 is 9.81. The molecular weight excluding hydrogens is 396 g/mol. The van der Waals surface area contributed by atoms with Crippen LogP contribution < -0.4 is 10.6 Å². The normalized spacial score (nSPS) is 22.9. The highest BCUT2D eigenvalue weighted by Gasteiger charge is 2.42. The number of carbonyl (C=O) groups excluding carboxylic acids is 3. The van der Waals surface area contributed by atoms with Gasteiger partial charge in [-0.05, 0) is 81.6 Å². The van der Waals surface area contributed by atoms with Crippen LogP contribution in [0.1, 0.15) is 67.3 Å². The van der Waals surface area contributed by atoms with Crippen LogP contribution in [-0.2, 0) is 24.5 Å². The smallest absolute Gasteiger partial charge is 0.316 e. The second kappa shape index (κ2) is 10.8. The Morgan fingerprint density at radius 1 is 1.00 bits per heavy atom. The van der Waals surface area contributed by atoms with E-state index in [9.17, 15) is 14.4 Å². The van der Waals surface area contributed by atoms with E-state index in [4.69, 9.17) is 9.47 Å². The molecule has 31 heavy (non-hydrogen) atoms. The number of esters is 2. The van der Waals surface area contributed by atoms with E-state index in [1.165, 1.54) is 14.2 Å². The third kappa shape index (κ3) is 5.64. The van der Waals surface area contributed by atoms with Crippen LogP contribution in [0.15, 0.2) is 24.3 Å². The maximum absolute atomic E-state index is 12.7. The van der Waals surface area contributed by atoms with E-state index in [1.807, 2.05) is 12.1 Å². The third-order valence-electron chi connectivity index (χ3n) is 6.90. The van der Waals surface area contributed by atoms with Crippen molar-refractivity contribution in [1.82, 2.24) is 10.6 Å². The molecule has 7 nitrogen and oxygen atoms in total. The molecule has 0 spiro atoms. The minimum absolute atomic E-state index is 0.0815. The fraction of sp³-hybridized carbons (Fsp3) is 0.625. The average Bonchev–Trinajstić information content (AvgIpc) is 2.83. The lowest BCUT2D eigenvalue weighted by molar-refractivity contribution is -0.148. The lowest BCUT2D eigenvalue weighted by atomic mass is 9.73. The third-order valence-corrected chi connectivity index (χ3v) is 6.90. The number of carbonyl (C=O) groups is 3. The topological polar surface area (TPSA) is 93.7 Å². The second-order valence-electron chi connectivity index (χ2n) is 8.71. The van der Waals surface area contributed by atoms with Crippen LogP contribution in [0.25, 0.3) is 0 Å². The molecule has 1 saturated carbocycles. The minimum Gasteiger partial charge on any atom is -0.469 e. The van der Waals surface area contributed by atoms with Gasteiger partial charge < -0.3 is 20.1 Å². The standard InChI is InChI=1S/C24H34N2O5/c1-30-21(27)12-5-17-3-10-20(11-4-17)26-22(28)18-6-8-19(9-7-18)24(23(29)31-2)13-15-25-16-14-24/h6-9,17,20,25H,3-5,10-16H2,1-2H3,(H,26,28). The Labute approximate surface area is 184 Å². The van der Waals surface area contributed by atoms with Gasteiger partial charge in [0, 0.05) is 18.0 Å². The highest BCUT2D eigenvalue weighted by molar-refractivity contribution is 5.94. The van der Waals surface area contributed by atoms with Gasteiger partial charge in [-0.25, -0.2) is 0 Å². The number of hydrogen-bond acceptors (Lipinski definition) is 6. The molecule has 1 aromatic rings. The van der Waals surface area contributed by atoms with Crippen molar-refractivity contribution in [3.63, 3.8) is 0 Å². The number of ether oxygens (including phenoxy) is 2. The largest absolute Gasteiger partial charge is 0.469 e. The van der Waals surface area contributed by atoms with E-state index < -0.39 is 5.41 Å². The van der Waals surface area contributed by atoms with Crippen LogP contribution in [0.5, 0.6) is 0 Å². The molecule has 1 heterocycles. The minimum atomic E-state index is -0.641. The van der Waals surface area contributed by atoms with E-state index in [0.29, 0.717) is 30.7 Å². The molecule has 7 heteroatoms. The summed E-state index contributed by atoms with van der Waals surface area (Å²) in [5.41, 5.74) is 0.867. The van der Waals surface area contributed by atoms with Crippen LogP contribution in [0.2, 0.25) is 0 Å². The van der Waals surface area contributed by atoms with Gasteiger partial charge in [0.1, 0.15) is 0 Å². The number of benzene rings is 1. The zero-order valence-electron chi connectivity index (χ0n) is 18.6. The molecule has 0 atom stereocenters. The summed E-state index contributed by atoms with van der Waals surface area (Å²) in [5, 5.41) is 6.43. The van der Waals surface area contributed by atoms with Crippen molar-refractivity contribution in [3.8, 4) is 0 Å². The summed E-state index contributed by atoms with van der Waals surface area (Å²) in [5.74, 6) is 0.0699. The molecule has 2 fully saturated rings. The van der Waals surface area contributed by atoms with E-state index in [0.717, 1.165) is 50.8 Å². The second-order valence-corrected chi connectivity index (χ2v) is 8.71. The lowest BCUT2D eigenvalue weighted by Gasteiger charge is -2.35. The Balaban J connectivity index is 1.55. The number of piperidine rings is 1. The molecule has 3 rings (SSSR count). The summed E-state index contributed by atoms with van der Waals surface area (Å²) >= 11 is 0. The summed E-state index contributed by atoms with van der Waals surface area (Å²) in [4.78, 5) is 36.6. The maximum atomic E-state index is 12.7. The molecule has 1 aliphatic heterocycles. The monoisotopic (exact) mass is 430 g/mol. The van der Waals surface area contributed by atoms with E-state index in [1.54, 1.807) is 12.1 Å². The SMILES string of the molecule is COC(=O)CCC1CCC(NC(=O)c2ccc(C3(C(=O)OC)CCNCC3)cc2)CC1. The van der Waals surface area contributed by atoms with Gasteiger partial charge >= 0.3 is 11.9 Å². The lowest BCUT2D eigenvalue weighted by Crippen LogP contribution is -2.46. The zero-order chi connectivity index (χ0) is 22.3. The van der Waals surface area contributed by atoms with E-state index >= 15 is 0 Å². The summed E-state index contributed by atoms with van der Waals surface area (Å²) in [7, 11) is 2.85. The van der Waals surface area contributed by atoms with Crippen molar-refractivity contribution in [1.29, 1.82) is 0 Å². The molecular formula is C24H34N2O5. The number of rotatable bonds is 7. The van der Waals surface area contributed by atoms with Crippen LogP contribution >= 0.6 is 0 Å². The Morgan fingerprint density at radius 3 is 2.23 bits per heavy atom. The molecule has 0 unspecified atom stereocenters. The Morgan fingerprint density at radius 2 is 1.65 bits per heavy atom. The first-order valence-corrected chi connectivity index (χ1v) is 11.3. The van der Waals surface area contributed by atoms with Crippen molar-refractivity contribution in [2.45, 2.75) is 62.8 Å². The van der Waals surface area contributed by atoms with Crippen LogP contribution in [0, 0.1) is 5.92 Å². The number of hydrogen-bond donors (Lipinski definition) is 2. The van der Waals surface area contributed by atoms with Crippen molar-refractivity contribution in [3.05, 3.63) is 35.4 Å². The number of nitrogens with one attached hydrogen (secondary N) is 2. The predicted octanol–water partition coefficient (Wildman–Crippen LogP) is 2.72. The number of amides is 1. The van der Waals surface area contributed by atoms with Gasteiger partial charge in [0.25, 0.3) is 5.91 Å². The Hall–Kier alpha value is -2.41. The van der Waals surface area contributed by atoms with Gasteiger partial charge in [-0.3, -0.25) is 14.4 Å². The quantitative estimate of drug-likeness (QED) is 0.646. The molecule has 1 aromatic carbocycles. The van der Waals surface area contributed by atoms with Gasteiger partial charge in [-0.15, -0.1) is 0 Å². The molecule has 2 N–H and O–H groups in total. The first kappa shape index (κ1) is 23.3. The van der Waals surface area contributed by atoms with Crippen LogP contribution in [0.4, 0.5) is 0 Å². The molecule has 0 aromatic heterocycles. The molecule has 170 valence electrons. The molecule has 0 bridgehead atoms. The molecule has 2 aliphatic rings. The first-order chi connectivity index (χ1) is 15.0. The Bertz CT molecular complexity index is 763. The van der Waals surface area contributed by atoms with Crippen molar-refractivity contribution >= 4 is 17.8 Å². The fourth-order valence-corrected chi connectivity index (χ4v) is 4.89. The average molecular weight is 431 g/mol. The van der Waals surface area contributed by atoms with Crippen LogP contribution in [-0.4, -0.2) is 51.2 Å². The van der Waals surface area contributed by atoms with Gasteiger partial charge in [0.2, 0.25) is 0 Å². The van der Waals surface area contributed by atoms with Crippen molar-refractivity contribution in [2.75, 3.05) is 27.3 Å². The first-order valence-electron chi connectivity index (χ1n) is 11.3. The summed E-state index contributed by atoms with van der Waals surface area (Å²) in [6.07, 6.45) is 6.56. The van der Waals surface area contributed by atoms with Crippen molar-refractivity contribution in [2.24, 2.45) is 5.92 Å². The molecule has 1 amide bonds. The summed E-state index contributed by atoms with van der Waals surface area (Å²) in [6.45, 7) is 1.53. The molecule has 0 radical (unpaired) electrons. The Kier molecular flexibility index (Phi) is 8.07. The maximum Gasteiger partial charge on any atom is 0.316 e. The van der Waals surface area contributed by atoms with Gasteiger partial charge in [-0.2, -0.15) is 0 Å². The summed E-state index contributed by atoms with van der Waals surface area (Å²) in [6, 6.07) is 7.55. The van der Waals surface area contributed by atoms with Gasteiger partial charge in [0.05, 0.1) is 19.6 Å². The highest BCUT2D eigenvalue weighted by Crippen LogP contribution is 2.35. The van der Waals surface area contributed by atoms with Crippen molar-refractivity contribution < 1.29 is 23.9 Å². The van der Waals surface area contributed by atoms with E-state index in [-0.39, 0.29) is 23.9 Å².